The number of hydrogen-bond acceptors (Lipinski definition) is 6. The van der Waals surface area contributed by atoms with Crippen molar-refractivity contribution in [2.24, 2.45) is 0 Å². The number of nitro benzene ring substituents is 1. The minimum Gasteiger partial charge on any atom is -0.361 e. The molecule has 0 amide bonds. The summed E-state index contributed by atoms with van der Waals surface area (Å²) in [5.74, 6) is 1.05. The van der Waals surface area contributed by atoms with Crippen LogP contribution in [0.3, 0.4) is 0 Å². The molecule has 2 rings (SSSR count). The van der Waals surface area contributed by atoms with Crippen LogP contribution in [-0.2, 0) is 5.75 Å². The van der Waals surface area contributed by atoms with Gasteiger partial charge in [-0.2, -0.15) is 0 Å². The van der Waals surface area contributed by atoms with Crippen LogP contribution in [0.1, 0.15) is 34.3 Å². The van der Waals surface area contributed by atoms with Crippen molar-refractivity contribution in [1.29, 1.82) is 0 Å². The van der Waals surface area contributed by atoms with Gasteiger partial charge in [-0.15, -0.1) is 11.8 Å². The highest BCUT2D eigenvalue weighted by atomic mass is 32.2. The fourth-order valence-electron chi connectivity index (χ4n) is 1.86. The molecule has 110 valence electrons. The van der Waals surface area contributed by atoms with Gasteiger partial charge in [0, 0.05) is 22.9 Å². The number of carbonyl (C=O) groups excluding carboxylic acids is 1. The first-order valence-corrected chi connectivity index (χ1v) is 7.22. The Labute approximate surface area is 125 Å². The monoisotopic (exact) mass is 306 g/mol. The fraction of sp³-hybridized carbons (Fsp3) is 0.286. The van der Waals surface area contributed by atoms with Crippen molar-refractivity contribution in [3.63, 3.8) is 0 Å². The highest BCUT2D eigenvalue weighted by Gasteiger charge is 2.18. The molecule has 7 heteroatoms. The Hall–Kier alpha value is -2.15. The maximum Gasteiger partial charge on any atom is 0.283 e. The van der Waals surface area contributed by atoms with Crippen LogP contribution >= 0.6 is 11.8 Å². The van der Waals surface area contributed by atoms with E-state index in [2.05, 4.69) is 5.16 Å². The number of nitrogens with zero attached hydrogens (tertiary/aromatic N) is 2. The third-order valence-electron chi connectivity index (χ3n) is 3.12. The molecule has 2 aromatic rings. The average molecular weight is 306 g/mol. The molecule has 0 saturated carbocycles. The van der Waals surface area contributed by atoms with Crippen molar-refractivity contribution in [2.75, 3.05) is 0 Å². The van der Waals surface area contributed by atoms with E-state index in [-0.39, 0.29) is 11.5 Å². The summed E-state index contributed by atoms with van der Waals surface area (Å²) in [7, 11) is 0. The molecule has 0 radical (unpaired) electrons. The van der Waals surface area contributed by atoms with Crippen LogP contribution in [0.4, 0.5) is 5.69 Å². The Morgan fingerprint density at radius 2 is 2.14 bits per heavy atom. The molecule has 0 aliphatic rings. The van der Waals surface area contributed by atoms with Crippen LogP contribution in [0.5, 0.6) is 0 Å². The Bertz CT molecular complexity index is 689. The number of aryl methyl sites for hydroxylation is 2. The first-order valence-electron chi connectivity index (χ1n) is 6.24. The molecule has 6 nitrogen and oxygen atoms in total. The molecule has 1 aromatic carbocycles. The fourth-order valence-corrected chi connectivity index (χ4v) is 3.02. The largest absolute Gasteiger partial charge is 0.361 e. The van der Waals surface area contributed by atoms with E-state index >= 15 is 0 Å². The summed E-state index contributed by atoms with van der Waals surface area (Å²) in [5, 5.41) is 15.0. The van der Waals surface area contributed by atoms with Crippen molar-refractivity contribution in [3.05, 3.63) is 50.9 Å². The maximum absolute atomic E-state index is 11.3. The predicted octanol–water partition coefficient (Wildman–Crippen LogP) is 3.69. The molecule has 0 aliphatic heterocycles. The lowest BCUT2D eigenvalue weighted by molar-refractivity contribution is -0.387. The number of carbonyl (C=O) groups is 1. The molecular weight excluding hydrogens is 292 g/mol. The van der Waals surface area contributed by atoms with Crippen LogP contribution in [0.2, 0.25) is 0 Å². The van der Waals surface area contributed by atoms with Crippen LogP contribution in [0.25, 0.3) is 0 Å². The number of nitro groups is 1. The zero-order chi connectivity index (χ0) is 15.6. The number of rotatable bonds is 5. The first-order chi connectivity index (χ1) is 9.90. The van der Waals surface area contributed by atoms with Crippen LogP contribution in [0, 0.1) is 24.0 Å². The van der Waals surface area contributed by atoms with Crippen molar-refractivity contribution < 1.29 is 14.2 Å². The van der Waals surface area contributed by atoms with Gasteiger partial charge in [-0.3, -0.25) is 14.9 Å². The SMILES string of the molecule is CC(=O)c1ccc(SCc2c(C)noc2C)c([N+](=O)[O-])c1. The van der Waals surface area contributed by atoms with E-state index < -0.39 is 4.92 Å². The molecule has 0 N–H and O–H groups in total. The Balaban J connectivity index is 2.28. The van der Waals surface area contributed by atoms with Crippen molar-refractivity contribution >= 4 is 23.2 Å². The number of ketones is 1. The molecule has 21 heavy (non-hydrogen) atoms. The minimum absolute atomic E-state index is 0.0561. The van der Waals surface area contributed by atoms with Gasteiger partial charge < -0.3 is 4.52 Å². The van der Waals surface area contributed by atoms with Crippen LogP contribution in [0.15, 0.2) is 27.6 Å². The van der Waals surface area contributed by atoms with Gasteiger partial charge in [0.1, 0.15) is 5.76 Å². The lowest BCUT2D eigenvalue weighted by atomic mass is 10.1. The smallest absolute Gasteiger partial charge is 0.283 e. The van der Waals surface area contributed by atoms with E-state index in [1.54, 1.807) is 12.1 Å². The third kappa shape index (κ3) is 3.30. The van der Waals surface area contributed by atoms with E-state index in [0.29, 0.717) is 22.0 Å². The number of Topliss-reactive ketones (excluding diaryl/α,β-unsaturated/α-hetero) is 1. The predicted molar refractivity (Wildman–Crippen MR) is 78.6 cm³/mol. The average Bonchev–Trinajstić information content (AvgIpc) is 2.75. The second kappa shape index (κ2) is 6.09. The van der Waals surface area contributed by atoms with Gasteiger partial charge in [-0.25, -0.2) is 0 Å². The summed E-state index contributed by atoms with van der Waals surface area (Å²) in [4.78, 5) is 22.5. The van der Waals surface area contributed by atoms with Crippen molar-refractivity contribution in [3.8, 4) is 0 Å². The normalized spacial score (nSPS) is 10.6. The summed E-state index contributed by atoms with van der Waals surface area (Å²) < 4.78 is 5.07. The molecule has 1 heterocycles. The molecule has 0 fully saturated rings. The summed E-state index contributed by atoms with van der Waals surface area (Å²) >= 11 is 1.33. The van der Waals surface area contributed by atoms with E-state index in [9.17, 15) is 14.9 Å². The van der Waals surface area contributed by atoms with Gasteiger partial charge in [0.05, 0.1) is 15.5 Å². The zero-order valence-corrected chi connectivity index (χ0v) is 12.7. The topological polar surface area (TPSA) is 86.2 Å². The Kier molecular flexibility index (Phi) is 4.42. The second-order valence-corrected chi connectivity index (χ2v) is 5.60. The molecule has 0 bridgehead atoms. The second-order valence-electron chi connectivity index (χ2n) is 4.59. The van der Waals surface area contributed by atoms with Gasteiger partial charge in [-0.05, 0) is 32.9 Å². The maximum atomic E-state index is 11.3. The third-order valence-corrected chi connectivity index (χ3v) is 4.20. The molecular formula is C14H14N2O4S. The van der Waals surface area contributed by atoms with E-state index in [0.717, 1.165) is 11.3 Å². The Morgan fingerprint density at radius 3 is 2.67 bits per heavy atom. The van der Waals surface area contributed by atoms with E-state index in [1.165, 1.54) is 24.8 Å². The summed E-state index contributed by atoms with van der Waals surface area (Å²) in [5.41, 5.74) is 2.00. The number of hydrogen-bond donors (Lipinski definition) is 0. The number of thioether (sulfide) groups is 1. The number of benzene rings is 1. The van der Waals surface area contributed by atoms with Gasteiger partial charge in [-0.1, -0.05) is 5.16 Å². The van der Waals surface area contributed by atoms with Gasteiger partial charge >= 0.3 is 0 Å². The van der Waals surface area contributed by atoms with Crippen molar-refractivity contribution in [1.82, 2.24) is 5.16 Å². The highest BCUT2D eigenvalue weighted by molar-refractivity contribution is 7.98. The first kappa shape index (κ1) is 15.2. The quantitative estimate of drug-likeness (QED) is 0.362. The Morgan fingerprint density at radius 1 is 1.43 bits per heavy atom. The van der Waals surface area contributed by atoms with Gasteiger partial charge in [0.25, 0.3) is 5.69 Å². The van der Waals surface area contributed by atoms with Crippen LogP contribution in [-0.4, -0.2) is 15.9 Å². The lowest BCUT2D eigenvalue weighted by Crippen LogP contribution is -1.97. The molecule has 1 aromatic heterocycles. The summed E-state index contributed by atoms with van der Waals surface area (Å²) in [6.45, 7) is 5.03. The zero-order valence-electron chi connectivity index (χ0n) is 11.9. The number of aromatic nitrogens is 1. The molecule has 0 saturated heterocycles. The standard InChI is InChI=1S/C14H14N2O4S/c1-8-12(10(3)20-15-8)7-21-14-5-4-11(9(2)17)6-13(14)16(18)19/h4-6H,7H2,1-3H3. The molecule has 0 atom stereocenters. The van der Waals surface area contributed by atoms with Crippen LogP contribution < -0.4 is 0 Å². The van der Waals surface area contributed by atoms with E-state index in [1.807, 2.05) is 13.8 Å². The summed E-state index contributed by atoms with van der Waals surface area (Å²) in [6.07, 6.45) is 0. The van der Waals surface area contributed by atoms with E-state index in [4.69, 9.17) is 4.52 Å². The molecule has 0 spiro atoms. The molecule has 0 unspecified atom stereocenters. The van der Waals surface area contributed by atoms with Gasteiger partial charge in [0.2, 0.25) is 0 Å². The van der Waals surface area contributed by atoms with Crippen molar-refractivity contribution in [2.45, 2.75) is 31.4 Å². The summed E-state index contributed by atoms with van der Waals surface area (Å²) in [6, 6.07) is 4.53. The molecule has 0 aliphatic carbocycles. The minimum atomic E-state index is -0.470. The highest BCUT2D eigenvalue weighted by Crippen LogP contribution is 2.33. The van der Waals surface area contributed by atoms with Gasteiger partial charge in [0.15, 0.2) is 5.78 Å². The lowest BCUT2D eigenvalue weighted by Gasteiger charge is -2.04.